The first-order chi connectivity index (χ1) is 15.0. The number of rotatable bonds is 12. The van der Waals surface area contributed by atoms with Gasteiger partial charge in [-0.15, -0.1) is 4.99 Å². The number of hydroxylamine groups is 1. The molecule has 31 heavy (non-hydrogen) atoms. The zero-order valence-electron chi connectivity index (χ0n) is 17.6. The molecule has 0 aliphatic heterocycles. The van der Waals surface area contributed by atoms with Gasteiger partial charge >= 0.3 is 0 Å². The Morgan fingerprint density at radius 2 is 1.84 bits per heavy atom. The predicted octanol–water partition coefficient (Wildman–Crippen LogP) is 2.87. The van der Waals surface area contributed by atoms with Crippen molar-refractivity contribution in [2.24, 2.45) is 4.99 Å². The SMILES string of the molecule is CS(=O)(=O)N(CCCCCCN/C(=N\C#N)Nc1ccncc1)OCc1ccccc1. The van der Waals surface area contributed by atoms with Crippen molar-refractivity contribution in [3.8, 4) is 6.19 Å². The summed E-state index contributed by atoms with van der Waals surface area (Å²) >= 11 is 0. The van der Waals surface area contributed by atoms with E-state index in [1.54, 1.807) is 30.7 Å². The topological polar surface area (TPSA) is 120 Å². The van der Waals surface area contributed by atoms with E-state index >= 15 is 0 Å². The maximum Gasteiger partial charge on any atom is 0.233 e. The fourth-order valence-electron chi connectivity index (χ4n) is 2.71. The van der Waals surface area contributed by atoms with E-state index < -0.39 is 10.0 Å². The average molecular weight is 445 g/mol. The van der Waals surface area contributed by atoms with Crippen LogP contribution in [0.3, 0.4) is 0 Å². The highest BCUT2D eigenvalue weighted by Crippen LogP contribution is 2.09. The van der Waals surface area contributed by atoms with Crippen LogP contribution in [-0.2, 0) is 21.5 Å². The van der Waals surface area contributed by atoms with Gasteiger partial charge in [-0.05, 0) is 30.5 Å². The average Bonchev–Trinajstić information content (AvgIpc) is 2.75. The molecule has 166 valence electrons. The fraction of sp³-hybridized carbons (Fsp3) is 0.381. The van der Waals surface area contributed by atoms with Gasteiger partial charge in [0.1, 0.15) is 0 Å². The zero-order chi connectivity index (χ0) is 22.4. The molecule has 2 aromatic rings. The van der Waals surface area contributed by atoms with Gasteiger partial charge in [0, 0.05) is 31.2 Å². The number of hydrogen-bond acceptors (Lipinski definition) is 6. The molecule has 0 saturated heterocycles. The van der Waals surface area contributed by atoms with E-state index in [0.29, 0.717) is 25.5 Å². The number of nitrogens with zero attached hydrogens (tertiary/aromatic N) is 4. The Labute approximate surface area is 183 Å². The molecule has 0 radical (unpaired) electrons. The number of unbranched alkanes of at least 4 members (excludes halogenated alkanes) is 3. The Hall–Kier alpha value is -3.00. The summed E-state index contributed by atoms with van der Waals surface area (Å²) in [5.41, 5.74) is 1.70. The highest BCUT2D eigenvalue weighted by molar-refractivity contribution is 7.88. The second-order valence-electron chi connectivity index (χ2n) is 6.81. The number of anilines is 1. The Kier molecular flexibility index (Phi) is 10.4. The molecule has 0 aliphatic carbocycles. The van der Waals surface area contributed by atoms with Crippen LogP contribution in [0, 0.1) is 11.5 Å². The highest BCUT2D eigenvalue weighted by Gasteiger charge is 2.17. The first kappa shape index (κ1) is 24.3. The molecule has 0 bridgehead atoms. The van der Waals surface area contributed by atoms with E-state index in [1.807, 2.05) is 30.3 Å². The molecular weight excluding hydrogens is 416 g/mol. The molecule has 0 fully saturated rings. The maximum atomic E-state index is 11.9. The minimum absolute atomic E-state index is 0.212. The van der Waals surface area contributed by atoms with Gasteiger partial charge in [0.2, 0.25) is 22.2 Å². The number of hydrogen-bond donors (Lipinski definition) is 2. The lowest BCUT2D eigenvalue weighted by Gasteiger charge is -2.19. The third kappa shape index (κ3) is 10.0. The van der Waals surface area contributed by atoms with E-state index in [-0.39, 0.29) is 6.61 Å². The van der Waals surface area contributed by atoms with Gasteiger partial charge in [0.15, 0.2) is 0 Å². The van der Waals surface area contributed by atoms with Crippen molar-refractivity contribution in [2.45, 2.75) is 32.3 Å². The molecule has 0 aliphatic rings. The van der Waals surface area contributed by atoms with Crippen molar-refractivity contribution >= 4 is 21.7 Å². The Morgan fingerprint density at radius 1 is 1.13 bits per heavy atom. The van der Waals surface area contributed by atoms with Crippen LogP contribution < -0.4 is 10.6 Å². The summed E-state index contributed by atoms with van der Waals surface area (Å²) in [4.78, 5) is 13.2. The van der Waals surface area contributed by atoms with Crippen LogP contribution in [0.4, 0.5) is 5.69 Å². The summed E-state index contributed by atoms with van der Waals surface area (Å²) in [7, 11) is -3.44. The van der Waals surface area contributed by atoms with Gasteiger partial charge in [-0.1, -0.05) is 47.6 Å². The Balaban J connectivity index is 1.66. The molecule has 1 heterocycles. The van der Waals surface area contributed by atoms with E-state index in [1.165, 1.54) is 0 Å². The molecule has 0 spiro atoms. The van der Waals surface area contributed by atoms with Crippen molar-refractivity contribution < 1.29 is 13.3 Å². The van der Waals surface area contributed by atoms with Crippen molar-refractivity contribution in [1.29, 1.82) is 5.26 Å². The number of sulfonamides is 1. The lowest BCUT2D eigenvalue weighted by molar-refractivity contribution is -0.0962. The summed E-state index contributed by atoms with van der Waals surface area (Å²) in [5, 5.41) is 15.0. The summed E-state index contributed by atoms with van der Waals surface area (Å²) in [6.45, 7) is 1.16. The molecule has 0 saturated carbocycles. The number of aromatic nitrogens is 1. The smallest absolute Gasteiger partial charge is 0.233 e. The normalized spacial score (nSPS) is 11.8. The van der Waals surface area contributed by atoms with Crippen LogP contribution in [0.2, 0.25) is 0 Å². The lowest BCUT2D eigenvalue weighted by Crippen LogP contribution is -2.31. The number of aliphatic imine (C=N–C) groups is 1. The molecule has 0 amide bonds. The maximum absolute atomic E-state index is 11.9. The monoisotopic (exact) mass is 444 g/mol. The minimum atomic E-state index is -3.44. The molecule has 2 rings (SSSR count). The quantitative estimate of drug-likeness (QED) is 0.170. The highest BCUT2D eigenvalue weighted by atomic mass is 32.2. The van der Waals surface area contributed by atoms with Crippen molar-refractivity contribution in [2.75, 3.05) is 24.7 Å². The number of pyridine rings is 1. The minimum Gasteiger partial charge on any atom is -0.355 e. The van der Waals surface area contributed by atoms with E-state index in [4.69, 9.17) is 10.1 Å². The van der Waals surface area contributed by atoms with Crippen LogP contribution in [0.25, 0.3) is 0 Å². The summed E-state index contributed by atoms with van der Waals surface area (Å²) in [5.74, 6) is 0.381. The van der Waals surface area contributed by atoms with Crippen LogP contribution in [0.15, 0.2) is 59.9 Å². The van der Waals surface area contributed by atoms with E-state index in [9.17, 15) is 8.42 Å². The molecule has 9 nitrogen and oxygen atoms in total. The number of guanidine groups is 1. The van der Waals surface area contributed by atoms with E-state index in [2.05, 4.69) is 20.6 Å². The van der Waals surface area contributed by atoms with Crippen molar-refractivity contribution in [3.05, 3.63) is 60.4 Å². The van der Waals surface area contributed by atoms with Gasteiger partial charge in [0.25, 0.3) is 0 Å². The second-order valence-corrected chi connectivity index (χ2v) is 8.68. The number of nitrogens with one attached hydrogen (secondary N) is 2. The molecule has 2 N–H and O–H groups in total. The van der Waals surface area contributed by atoms with Crippen LogP contribution in [0.5, 0.6) is 0 Å². The Bertz CT molecular complexity index is 946. The molecule has 0 atom stereocenters. The van der Waals surface area contributed by atoms with Gasteiger partial charge < -0.3 is 10.6 Å². The fourth-order valence-corrected chi connectivity index (χ4v) is 3.41. The standard InChI is InChI=1S/C21H28N6O3S/c1-31(28,29)27(30-17-19-9-5-4-6-10-19)16-8-3-2-7-13-24-21(25-18-22)26-20-11-14-23-15-12-20/h4-6,9-12,14-15H,2-3,7-8,13,16-17H2,1H3,(H2,23,24,25,26). The molecule has 1 aromatic carbocycles. The largest absolute Gasteiger partial charge is 0.355 e. The molecule has 10 heteroatoms. The first-order valence-electron chi connectivity index (χ1n) is 10.0. The van der Waals surface area contributed by atoms with Gasteiger partial charge in [-0.3, -0.25) is 9.82 Å². The Morgan fingerprint density at radius 3 is 2.52 bits per heavy atom. The van der Waals surface area contributed by atoms with Gasteiger partial charge in [0.05, 0.1) is 12.9 Å². The predicted molar refractivity (Wildman–Crippen MR) is 120 cm³/mol. The molecule has 1 aromatic heterocycles. The number of nitriles is 1. The summed E-state index contributed by atoms with van der Waals surface area (Å²) in [6.07, 6.45) is 9.51. The van der Waals surface area contributed by atoms with Gasteiger partial charge in [-0.25, -0.2) is 8.42 Å². The number of benzene rings is 1. The van der Waals surface area contributed by atoms with Crippen LogP contribution in [0.1, 0.15) is 31.2 Å². The second kappa shape index (κ2) is 13.3. The lowest BCUT2D eigenvalue weighted by atomic mass is 10.2. The summed E-state index contributed by atoms with van der Waals surface area (Å²) in [6, 6.07) is 13.0. The summed E-state index contributed by atoms with van der Waals surface area (Å²) < 4.78 is 25.0. The first-order valence-corrected chi connectivity index (χ1v) is 11.9. The van der Waals surface area contributed by atoms with Crippen molar-refractivity contribution in [3.63, 3.8) is 0 Å². The molecular formula is C21H28N6O3S. The van der Waals surface area contributed by atoms with E-state index in [0.717, 1.165) is 41.2 Å². The molecule has 0 unspecified atom stereocenters. The third-order valence-electron chi connectivity index (χ3n) is 4.25. The third-order valence-corrected chi connectivity index (χ3v) is 5.28. The van der Waals surface area contributed by atoms with Crippen LogP contribution >= 0.6 is 0 Å². The van der Waals surface area contributed by atoms with Crippen molar-refractivity contribution in [1.82, 2.24) is 14.8 Å². The van der Waals surface area contributed by atoms with Crippen LogP contribution in [-0.4, -0.2) is 43.2 Å². The zero-order valence-corrected chi connectivity index (χ0v) is 18.4. The van der Waals surface area contributed by atoms with Gasteiger partial charge in [-0.2, -0.15) is 5.26 Å².